The SMILES string of the molecule is CCSCC(C)NC(C)c1ccc(F)cc1Cl. The van der Waals surface area contributed by atoms with Crippen molar-refractivity contribution >= 4 is 23.4 Å². The lowest BCUT2D eigenvalue weighted by atomic mass is 10.1. The van der Waals surface area contributed by atoms with E-state index in [4.69, 9.17) is 11.6 Å². The van der Waals surface area contributed by atoms with Crippen molar-refractivity contribution in [1.29, 1.82) is 0 Å². The highest BCUT2D eigenvalue weighted by molar-refractivity contribution is 7.99. The number of rotatable bonds is 6. The fourth-order valence-corrected chi connectivity index (χ4v) is 2.73. The van der Waals surface area contributed by atoms with Gasteiger partial charge in [-0.2, -0.15) is 11.8 Å². The van der Waals surface area contributed by atoms with E-state index < -0.39 is 0 Å². The summed E-state index contributed by atoms with van der Waals surface area (Å²) in [6.45, 7) is 6.35. The van der Waals surface area contributed by atoms with Gasteiger partial charge >= 0.3 is 0 Å². The number of thioether (sulfide) groups is 1. The maximum atomic E-state index is 12.9. The lowest BCUT2D eigenvalue weighted by molar-refractivity contribution is 0.510. The number of hydrogen-bond donors (Lipinski definition) is 1. The van der Waals surface area contributed by atoms with Gasteiger partial charge in [-0.05, 0) is 37.3 Å². The van der Waals surface area contributed by atoms with Gasteiger partial charge in [0, 0.05) is 22.9 Å². The van der Waals surface area contributed by atoms with Crippen LogP contribution in [0.4, 0.5) is 4.39 Å². The monoisotopic (exact) mass is 275 g/mol. The van der Waals surface area contributed by atoms with Crippen molar-refractivity contribution in [2.24, 2.45) is 0 Å². The highest BCUT2D eigenvalue weighted by atomic mass is 35.5. The molecular formula is C13H19ClFNS. The number of nitrogens with one attached hydrogen (secondary N) is 1. The van der Waals surface area contributed by atoms with E-state index in [1.165, 1.54) is 12.1 Å². The third-order valence-corrected chi connectivity index (χ3v) is 4.01. The molecule has 1 aromatic carbocycles. The van der Waals surface area contributed by atoms with E-state index in [1.807, 2.05) is 18.7 Å². The molecule has 2 atom stereocenters. The summed E-state index contributed by atoms with van der Waals surface area (Å²) in [6, 6.07) is 5.10. The number of hydrogen-bond acceptors (Lipinski definition) is 2. The molecular weight excluding hydrogens is 257 g/mol. The van der Waals surface area contributed by atoms with E-state index in [9.17, 15) is 4.39 Å². The Morgan fingerprint density at radius 2 is 2.12 bits per heavy atom. The fraction of sp³-hybridized carbons (Fsp3) is 0.538. The molecule has 96 valence electrons. The predicted octanol–water partition coefficient (Wildman–Crippen LogP) is 4.27. The first-order valence-corrected chi connectivity index (χ1v) is 7.36. The van der Waals surface area contributed by atoms with E-state index in [-0.39, 0.29) is 11.9 Å². The second-order valence-corrected chi connectivity index (χ2v) is 5.84. The van der Waals surface area contributed by atoms with Crippen molar-refractivity contribution in [3.05, 3.63) is 34.6 Å². The summed E-state index contributed by atoms with van der Waals surface area (Å²) in [7, 11) is 0. The molecule has 0 saturated carbocycles. The molecule has 0 aliphatic heterocycles. The third-order valence-electron chi connectivity index (χ3n) is 2.54. The molecule has 1 N–H and O–H groups in total. The zero-order chi connectivity index (χ0) is 12.8. The Morgan fingerprint density at radius 3 is 2.71 bits per heavy atom. The van der Waals surface area contributed by atoms with Crippen LogP contribution in [0.3, 0.4) is 0 Å². The highest BCUT2D eigenvalue weighted by Crippen LogP contribution is 2.24. The quantitative estimate of drug-likeness (QED) is 0.832. The molecule has 0 saturated heterocycles. The van der Waals surface area contributed by atoms with Crippen LogP contribution in [0, 0.1) is 5.82 Å². The normalized spacial score (nSPS) is 14.6. The molecule has 0 bridgehead atoms. The maximum absolute atomic E-state index is 12.9. The van der Waals surface area contributed by atoms with Crippen LogP contribution in [0.2, 0.25) is 5.02 Å². The van der Waals surface area contributed by atoms with Gasteiger partial charge in [-0.15, -0.1) is 0 Å². The van der Waals surface area contributed by atoms with Crippen molar-refractivity contribution in [1.82, 2.24) is 5.32 Å². The van der Waals surface area contributed by atoms with Crippen molar-refractivity contribution in [3.63, 3.8) is 0 Å². The lowest BCUT2D eigenvalue weighted by Crippen LogP contribution is -2.31. The van der Waals surface area contributed by atoms with Gasteiger partial charge in [0.05, 0.1) is 0 Å². The van der Waals surface area contributed by atoms with Gasteiger partial charge in [-0.3, -0.25) is 0 Å². The van der Waals surface area contributed by atoms with Gasteiger partial charge in [-0.25, -0.2) is 4.39 Å². The minimum atomic E-state index is -0.291. The minimum absolute atomic E-state index is 0.135. The van der Waals surface area contributed by atoms with Crippen LogP contribution < -0.4 is 5.32 Å². The number of benzene rings is 1. The molecule has 0 heterocycles. The molecule has 1 aromatic rings. The highest BCUT2D eigenvalue weighted by Gasteiger charge is 2.12. The largest absolute Gasteiger partial charge is 0.307 e. The van der Waals surface area contributed by atoms with Crippen molar-refractivity contribution < 1.29 is 4.39 Å². The molecule has 0 aliphatic carbocycles. The molecule has 17 heavy (non-hydrogen) atoms. The summed E-state index contributed by atoms with van der Waals surface area (Å²) in [5, 5.41) is 3.95. The predicted molar refractivity (Wildman–Crippen MR) is 75.4 cm³/mol. The first kappa shape index (κ1) is 14.8. The van der Waals surface area contributed by atoms with Gasteiger partial charge in [0.1, 0.15) is 5.82 Å². The van der Waals surface area contributed by atoms with Gasteiger partial charge in [0.15, 0.2) is 0 Å². The zero-order valence-corrected chi connectivity index (χ0v) is 12.0. The van der Waals surface area contributed by atoms with Gasteiger partial charge < -0.3 is 5.32 Å². The topological polar surface area (TPSA) is 12.0 Å². The molecule has 2 unspecified atom stereocenters. The van der Waals surface area contributed by atoms with Crippen LogP contribution in [-0.2, 0) is 0 Å². The van der Waals surface area contributed by atoms with Gasteiger partial charge in [-0.1, -0.05) is 24.6 Å². The van der Waals surface area contributed by atoms with Crippen LogP contribution >= 0.6 is 23.4 Å². The molecule has 1 rings (SSSR count). The lowest BCUT2D eigenvalue weighted by Gasteiger charge is -2.21. The van der Waals surface area contributed by atoms with Gasteiger partial charge in [0.25, 0.3) is 0 Å². The first-order chi connectivity index (χ1) is 8.04. The Kier molecular flexibility index (Phi) is 6.31. The molecule has 0 aliphatic rings. The summed E-state index contributed by atoms with van der Waals surface area (Å²) in [4.78, 5) is 0. The van der Waals surface area contributed by atoms with Crippen LogP contribution in [0.5, 0.6) is 0 Å². The summed E-state index contributed by atoms with van der Waals surface area (Å²) >= 11 is 7.93. The van der Waals surface area contributed by atoms with Crippen LogP contribution in [0.15, 0.2) is 18.2 Å². The van der Waals surface area contributed by atoms with Crippen LogP contribution in [0.1, 0.15) is 32.4 Å². The number of halogens is 2. The average Bonchev–Trinajstić information content (AvgIpc) is 2.26. The molecule has 0 spiro atoms. The summed E-state index contributed by atoms with van der Waals surface area (Å²) in [5.74, 6) is 1.90. The van der Waals surface area contributed by atoms with E-state index >= 15 is 0 Å². The van der Waals surface area contributed by atoms with Crippen molar-refractivity contribution in [2.45, 2.75) is 32.9 Å². The molecule has 0 fully saturated rings. The molecule has 0 radical (unpaired) electrons. The zero-order valence-electron chi connectivity index (χ0n) is 10.5. The van der Waals surface area contributed by atoms with Crippen molar-refractivity contribution in [3.8, 4) is 0 Å². The molecule has 0 amide bonds. The second kappa shape index (κ2) is 7.24. The van der Waals surface area contributed by atoms with E-state index in [0.29, 0.717) is 11.1 Å². The van der Waals surface area contributed by atoms with Crippen LogP contribution in [-0.4, -0.2) is 17.5 Å². The minimum Gasteiger partial charge on any atom is -0.307 e. The first-order valence-electron chi connectivity index (χ1n) is 5.83. The van der Waals surface area contributed by atoms with E-state index in [2.05, 4.69) is 19.2 Å². The Labute approximate surface area is 112 Å². The van der Waals surface area contributed by atoms with Crippen LogP contribution in [0.25, 0.3) is 0 Å². The molecule has 1 nitrogen and oxygen atoms in total. The average molecular weight is 276 g/mol. The van der Waals surface area contributed by atoms with E-state index in [1.54, 1.807) is 6.07 Å². The fourth-order valence-electron chi connectivity index (χ4n) is 1.71. The summed E-state index contributed by atoms with van der Waals surface area (Å²) in [6.07, 6.45) is 0. The molecule has 0 aromatic heterocycles. The third kappa shape index (κ3) is 4.86. The standard InChI is InChI=1S/C13H19ClFNS/c1-4-17-8-9(2)16-10(3)12-6-5-11(15)7-13(12)14/h5-7,9-10,16H,4,8H2,1-3H3. The summed E-state index contributed by atoms with van der Waals surface area (Å²) < 4.78 is 12.9. The smallest absolute Gasteiger partial charge is 0.124 e. The maximum Gasteiger partial charge on any atom is 0.124 e. The van der Waals surface area contributed by atoms with Crippen molar-refractivity contribution in [2.75, 3.05) is 11.5 Å². The Balaban J connectivity index is 2.60. The van der Waals surface area contributed by atoms with E-state index in [0.717, 1.165) is 17.1 Å². The Bertz CT molecular complexity index is 359. The second-order valence-electron chi connectivity index (χ2n) is 4.11. The Hall–Kier alpha value is -0.250. The Morgan fingerprint density at radius 1 is 1.41 bits per heavy atom. The van der Waals surface area contributed by atoms with Gasteiger partial charge in [0.2, 0.25) is 0 Å². The summed E-state index contributed by atoms with van der Waals surface area (Å²) in [5.41, 5.74) is 0.946. The molecule has 4 heteroatoms.